The van der Waals surface area contributed by atoms with Crippen molar-refractivity contribution in [2.75, 3.05) is 0 Å². The molecule has 0 aromatic heterocycles. The van der Waals surface area contributed by atoms with Gasteiger partial charge in [-0.05, 0) is 111 Å². The standard InChI is InChI=1S/C28H47NO6/c1-15(5-8-23(33)29-25(16(2)30)26(34)35)19-6-7-20-24-21(10-12-28(19,20)4)27(3)11-9-18(31)13-17(27)14-22(24)32/h15-22,24-25,30-32H,5-14H2,1-4H3,(H,29,33)(H,34,35)/t15-,16-,17+,18-,19-,20+,21+,22+,24+,25+,27+,28-/m1/s1. The van der Waals surface area contributed by atoms with Crippen molar-refractivity contribution in [1.29, 1.82) is 0 Å². The third-order valence-electron chi connectivity index (χ3n) is 11.3. The van der Waals surface area contributed by atoms with Crippen molar-refractivity contribution in [3.05, 3.63) is 0 Å². The van der Waals surface area contributed by atoms with Crippen molar-refractivity contribution in [2.24, 2.45) is 46.3 Å². The van der Waals surface area contributed by atoms with Crippen molar-refractivity contribution >= 4 is 11.9 Å². The van der Waals surface area contributed by atoms with Gasteiger partial charge in [0.05, 0.1) is 18.3 Å². The number of nitrogens with one attached hydrogen (secondary N) is 1. The van der Waals surface area contributed by atoms with Crippen molar-refractivity contribution < 1.29 is 30.0 Å². The maximum Gasteiger partial charge on any atom is 0.328 e. The minimum absolute atomic E-state index is 0.151. The Bertz CT molecular complexity index is 802. The molecule has 0 aromatic carbocycles. The fourth-order valence-corrected chi connectivity index (χ4v) is 9.37. The quantitative estimate of drug-likeness (QED) is 0.370. The van der Waals surface area contributed by atoms with E-state index in [9.17, 15) is 30.0 Å². The fourth-order valence-electron chi connectivity index (χ4n) is 9.37. The number of carbonyl (C=O) groups excluding carboxylic acids is 1. The maximum atomic E-state index is 12.4. The average molecular weight is 494 g/mol. The van der Waals surface area contributed by atoms with Gasteiger partial charge in [-0.15, -0.1) is 0 Å². The highest BCUT2D eigenvalue weighted by molar-refractivity contribution is 5.83. The van der Waals surface area contributed by atoms with Gasteiger partial charge in [-0.2, -0.15) is 0 Å². The predicted molar refractivity (Wildman–Crippen MR) is 132 cm³/mol. The Balaban J connectivity index is 1.41. The zero-order valence-corrected chi connectivity index (χ0v) is 21.9. The van der Waals surface area contributed by atoms with E-state index in [1.54, 1.807) is 0 Å². The van der Waals surface area contributed by atoms with Crippen LogP contribution in [0.1, 0.15) is 91.9 Å². The van der Waals surface area contributed by atoms with Gasteiger partial charge in [-0.3, -0.25) is 4.79 Å². The molecule has 7 heteroatoms. The summed E-state index contributed by atoms with van der Waals surface area (Å²) < 4.78 is 0. The Morgan fingerprint density at radius 1 is 0.971 bits per heavy atom. The highest BCUT2D eigenvalue weighted by Gasteiger charge is 2.62. The van der Waals surface area contributed by atoms with Gasteiger partial charge in [0.15, 0.2) is 6.04 Å². The number of aliphatic hydroxyl groups is 3. The summed E-state index contributed by atoms with van der Waals surface area (Å²) >= 11 is 0. The largest absolute Gasteiger partial charge is 0.480 e. The fraction of sp³-hybridized carbons (Fsp3) is 0.929. The molecule has 0 bridgehead atoms. The van der Waals surface area contributed by atoms with Crippen LogP contribution in [0.15, 0.2) is 0 Å². The SMILES string of the molecule is C[C@H](CCC(=O)N[C@H](C(=O)O)[C@@H](C)O)[C@H]1CC[C@H]2[C@@H]3[C@@H](O)C[C@@H]4C[C@H](O)CC[C@]4(C)[C@H]3CC[C@]12C. The third-order valence-corrected chi connectivity index (χ3v) is 11.3. The molecule has 0 heterocycles. The Labute approximate surface area is 210 Å². The molecular weight excluding hydrogens is 446 g/mol. The van der Waals surface area contributed by atoms with Gasteiger partial charge in [0, 0.05) is 6.42 Å². The molecule has 35 heavy (non-hydrogen) atoms. The first kappa shape index (κ1) is 26.9. The summed E-state index contributed by atoms with van der Waals surface area (Å²) in [4.78, 5) is 23.7. The maximum absolute atomic E-state index is 12.4. The zero-order valence-electron chi connectivity index (χ0n) is 21.9. The van der Waals surface area contributed by atoms with E-state index in [1.165, 1.54) is 6.92 Å². The first-order valence-corrected chi connectivity index (χ1v) is 13.9. The number of hydrogen-bond donors (Lipinski definition) is 5. The van der Waals surface area contributed by atoms with Crippen LogP contribution < -0.4 is 5.32 Å². The van der Waals surface area contributed by atoms with E-state index in [1.807, 2.05) is 0 Å². The van der Waals surface area contributed by atoms with Gasteiger partial charge in [-0.1, -0.05) is 20.8 Å². The predicted octanol–water partition coefficient (Wildman–Crippen LogP) is 3.34. The molecule has 1 amide bonds. The van der Waals surface area contributed by atoms with Crippen LogP contribution in [0.2, 0.25) is 0 Å². The van der Waals surface area contributed by atoms with Gasteiger partial charge in [0.25, 0.3) is 0 Å². The first-order chi connectivity index (χ1) is 16.4. The van der Waals surface area contributed by atoms with E-state index < -0.39 is 18.1 Å². The van der Waals surface area contributed by atoms with Crippen LogP contribution in [0.3, 0.4) is 0 Å². The Morgan fingerprint density at radius 2 is 1.63 bits per heavy atom. The number of fused-ring (bicyclic) bond motifs is 5. The smallest absolute Gasteiger partial charge is 0.328 e. The number of hydrogen-bond acceptors (Lipinski definition) is 5. The lowest BCUT2D eigenvalue weighted by Crippen LogP contribution is -2.58. The number of aliphatic carboxylic acids is 1. The van der Waals surface area contributed by atoms with Gasteiger partial charge < -0.3 is 25.7 Å². The van der Waals surface area contributed by atoms with E-state index in [2.05, 4.69) is 26.1 Å². The molecule has 7 nitrogen and oxygen atoms in total. The van der Waals surface area contributed by atoms with E-state index >= 15 is 0 Å². The molecular formula is C28H47NO6. The molecule has 4 aliphatic rings. The molecule has 0 unspecified atom stereocenters. The van der Waals surface area contributed by atoms with Crippen LogP contribution in [0, 0.1) is 46.3 Å². The second-order valence-electron chi connectivity index (χ2n) is 13.1. The molecule has 0 aliphatic heterocycles. The van der Waals surface area contributed by atoms with E-state index in [-0.39, 0.29) is 35.4 Å². The number of carbonyl (C=O) groups is 2. The van der Waals surface area contributed by atoms with E-state index in [0.29, 0.717) is 41.9 Å². The Hall–Kier alpha value is -1.18. The first-order valence-electron chi connectivity index (χ1n) is 13.9. The summed E-state index contributed by atoms with van der Waals surface area (Å²) in [5.41, 5.74) is 0.370. The lowest BCUT2D eigenvalue weighted by Gasteiger charge is -2.62. The third kappa shape index (κ3) is 4.77. The Morgan fingerprint density at radius 3 is 2.29 bits per heavy atom. The second-order valence-corrected chi connectivity index (χ2v) is 13.1. The normalized spacial score (nSPS) is 45.4. The van der Waals surface area contributed by atoms with Crippen molar-refractivity contribution in [1.82, 2.24) is 5.32 Å². The highest BCUT2D eigenvalue weighted by Crippen LogP contribution is 2.68. The van der Waals surface area contributed by atoms with Gasteiger partial charge >= 0.3 is 5.97 Å². The number of aliphatic hydroxyl groups excluding tert-OH is 3. The average Bonchev–Trinajstić information content (AvgIpc) is 3.13. The monoisotopic (exact) mass is 493 g/mol. The Kier molecular flexibility index (Phi) is 7.63. The molecule has 0 radical (unpaired) electrons. The number of rotatable bonds is 7. The minimum Gasteiger partial charge on any atom is -0.480 e. The van der Waals surface area contributed by atoms with E-state index in [4.69, 9.17) is 0 Å². The number of amides is 1. The molecule has 12 atom stereocenters. The van der Waals surface area contributed by atoms with Crippen LogP contribution in [-0.2, 0) is 9.59 Å². The van der Waals surface area contributed by atoms with E-state index in [0.717, 1.165) is 51.4 Å². The van der Waals surface area contributed by atoms with Crippen LogP contribution in [0.25, 0.3) is 0 Å². The van der Waals surface area contributed by atoms with Crippen LogP contribution >= 0.6 is 0 Å². The number of carboxylic acids is 1. The lowest BCUT2D eigenvalue weighted by atomic mass is 9.43. The van der Waals surface area contributed by atoms with Crippen molar-refractivity contribution in [3.63, 3.8) is 0 Å². The topological polar surface area (TPSA) is 127 Å². The van der Waals surface area contributed by atoms with Gasteiger partial charge in [0.2, 0.25) is 5.91 Å². The van der Waals surface area contributed by atoms with Crippen molar-refractivity contribution in [3.8, 4) is 0 Å². The zero-order chi connectivity index (χ0) is 25.7. The summed E-state index contributed by atoms with van der Waals surface area (Å²) in [6.45, 7) is 8.44. The highest BCUT2D eigenvalue weighted by atomic mass is 16.4. The van der Waals surface area contributed by atoms with Crippen molar-refractivity contribution in [2.45, 2.75) is 116 Å². The summed E-state index contributed by atoms with van der Waals surface area (Å²) in [6, 6.07) is -1.28. The summed E-state index contributed by atoms with van der Waals surface area (Å²) in [5.74, 6) is 1.03. The molecule has 0 aromatic rings. The molecule has 4 rings (SSSR count). The molecule has 4 aliphatic carbocycles. The summed E-state index contributed by atoms with van der Waals surface area (Å²) in [5, 5.41) is 43.0. The van der Waals surface area contributed by atoms with Crippen LogP contribution in [0.4, 0.5) is 0 Å². The summed E-state index contributed by atoms with van der Waals surface area (Å²) in [7, 11) is 0. The number of carboxylic acid groups (broad SMARTS) is 1. The molecule has 0 saturated heterocycles. The van der Waals surface area contributed by atoms with Gasteiger partial charge in [-0.25, -0.2) is 4.79 Å². The minimum atomic E-state index is -1.28. The van der Waals surface area contributed by atoms with Crippen LogP contribution in [0.5, 0.6) is 0 Å². The summed E-state index contributed by atoms with van der Waals surface area (Å²) in [6.07, 6.45) is 7.42. The molecule has 0 spiro atoms. The molecule has 4 saturated carbocycles. The molecule has 5 N–H and O–H groups in total. The molecule has 4 fully saturated rings. The van der Waals surface area contributed by atoms with Crippen LogP contribution in [-0.4, -0.2) is 56.7 Å². The lowest BCUT2D eigenvalue weighted by molar-refractivity contribution is -0.174. The molecule has 200 valence electrons. The van der Waals surface area contributed by atoms with Gasteiger partial charge in [0.1, 0.15) is 0 Å². The second kappa shape index (κ2) is 9.94.